The Morgan fingerprint density at radius 2 is 1.25 bits per heavy atom. The summed E-state index contributed by atoms with van der Waals surface area (Å²) in [7, 11) is 3.23. The van der Waals surface area contributed by atoms with Gasteiger partial charge in [0.25, 0.3) is 0 Å². The van der Waals surface area contributed by atoms with Crippen LogP contribution < -0.4 is 10.7 Å². The van der Waals surface area contributed by atoms with Crippen molar-refractivity contribution in [1.29, 1.82) is 21.0 Å². The highest BCUT2D eigenvalue weighted by atomic mass is 15.0. The fourth-order valence-corrected chi connectivity index (χ4v) is 3.41. The molecular weight excluding hydrogens is 352 g/mol. The van der Waals surface area contributed by atoms with Crippen molar-refractivity contribution < 1.29 is 0 Å². The summed E-state index contributed by atoms with van der Waals surface area (Å²) >= 11 is 0. The van der Waals surface area contributed by atoms with Crippen LogP contribution >= 0.6 is 0 Å². The number of nitrogens with zero attached hydrogens (tertiary/aromatic N) is 8. The molecule has 0 aliphatic carbocycles. The number of benzene rings is 1. The molecule has 1 aromatic carbocycles. The van der Waals surface area contributed by atoms with E-state index in [0.717, 1.165) is 0 Å². The first-order chi connectivity index (χ1) is 13.5. The van der Waals surface area contributed by atoms with Crippen LogP contribution in [0.2, 0.25) is 0 Å². The third kappa shape index (κ3) is 2.11. The van der Waals surface area contributed by atoms with E-state index in [-0.39, 0.29) is 22.5 Å². The molecule has 2 heterocycles. The summed E-state index contributed by atoms with van der Waals surface area (Å²) in [6.07, 6.45) is 0. The molecule has 0 atom stereocenters. The molecule has 0 saturated carbocycles. The van der Waals surface area contributed by atoms with Crippen LogP contribution in [-0.4, -0.2) is 9.13 Å². The second kappa shape index (κ2) is 6.37. The van der Waals surface area contributed by atoms with Gasteiger partial charge in [-0.3, -0.25) is 0 Å². The Morgan fingerprint density at radius 1 is 0.821 bits per heavy atom. The Labute approximate surface area is 159 Å². The van der Waals surface area contributed by atoms with Crippen LogP contribution in [0.5, 0.6) is 0 Å². The second-order valence-electron chi connectivity index (χ2n) is 5.82. The molecule has 0 fully saturated rings. The number of aryl methyl sites for hydroxylation is 2. The van der Waals surface area contributed by atoms with E-state index in [1.54, 1.807) is 24.7 Å². The van der Waals surface area contributed by atoms with Crippen LogP contribution in [0.25, 0.3) is 42.9 Å². The predicted octanol–water partition coefficient (Wildman–Crippen LogP) is 1.52. The minimum absolute atomic E-state index is 0.132. The number of aromatic nitrogens is 2. The quantitative estimate of drug-likeness (QED) is 0.565. The molecule has 3 aromatic rings. The lowest BCUT2D eigenvalue weighted by molar-refractivity contribution is 0.924. The summed E-state index contributed by atoms with van der Waals surface area (Å²) in [5.41, 5.74) is 1.17. The van der Waals surface area contributed by atoms with Gasteiger partial charge in [-0.15, -0.1) is 0 Å². The maximum absolute atomic E-state index is 9.82. The Hall–Kier alpha value is -5.02. The van der Waals surface area contributed by atoms with E-state index in [4.69, 9.17) is 13.1 Å². The molecule has 8 heteroatoms. The lowest BCUT2D eigenvalue weighted by Gasteiger charge is -2.06. The van der Waals surface area contributed by atoms with Gasteiger partial charge < -0.3 is 9.13 Å². The van der Waals surface area contributed by atoms with Crippen molar-refractivity contribution >= 4 is 33.2 Å². The van der Waals surface area contributed by atoms with Gasteiger partial charge in [-0.1, -0.05) is 0 Å². The van der Waals surface area contributed by atoms with E-state index in [0.29, 0.717) is 32.5 Å². The van der Waals surface area contributed by atoms with Crippen LogP contribution in [0, 0.1) is 58.5 Å². The smallest absolute Gasteiger partial charge is 0.346 e. The molecule has 0 spiro atoms. The summed E-state index contributed by atoms with van der Waals surface area (Å²) in [6, 6.07) is 11.0. The van der Waals surface area contributed by atoms with Gasteiger partial charge in [-0.2, -0.15) is 30.7 Å². The average molecular weight is 360 g/mol. The summed E-state index contributed by atoms with van der Waals surface area (Å²) in [6.45, 7) is 14.4. The third-order valence-electron chi connectivity index (χ3n) is 4.62. The van der Waals surface area contributed by atoms with E-state index in [1.165, 1.54) is 10.6 Å². The normalized spacial score (nSPS) is 9.57. The van der Waals surface area contributed by atoms with Crippen molar-refractivity contribution in [3.63, 3.8) is 0 Å². The van der Waals surface area contributed by atoms with E-state index in [2.05, 4.69) is 21.8 Å². The highest BCUT2D eigenvalue weighted by Gasteiger charge is 2.22. The van der Waals surface area contributed by atoms with Gasteiger partial charge in [-0.25, -0.2) is 0 Å². The molecule has 28 heavy (non-hydrogen) atoms. The SMILES string of the molecule is [C-]#[N+]C([N+]#[C-])=c1cc2c(C#N)c3c(cc(=C(C#N)C#N)n3C)c(C#N)c2n1C. The van der Waals surface area contributed by atoms with Gasteiger partial charge in [-0.05, 0) is 12.1 Å². The zero-order valence-corrected chi connectivity index (χ0v) is 14.7. The summed E-state index contributed by atoms with van der Waals surface area (Å²) in [4.78, 5) is 6.45. The molecule has 0 aliphatic heterocycles. The standard InChI is InChI=1S/C20H8N8/c1-25-20(26-2)17-6-13-15(10-24)18-12(14(9-23)19(13)28(17)4)5-16(27(18)3)11(7-21)8-22/h5-6H,3-4H3. The molecule has 0 unspecified atom stereocenters. The van der Waals surface area contributed by atoms with Gasteiger partial charge in [0.15, 0.2) is 5.57 Å². The van der Waals surface area contributed by atoms with Crippen LogP contribution in [0.4, 0.5) is 0 Å². The molecule has 0 radical (unpaired) electrons. The molecule has 128 valence electrons. The Balaban J connectivity index is 2.82. The fraction of sp³-hybridized carbons (Fsp3) is 0.100. The van der Waals surface area contributed by atoms with Gasteiger partial charge >= 0.3 is 5.82 Å². The molecule has 0 saturated heterocycles. The molecule has 2 aromatic heterocycles. The lowest BCUT2D eigenvalue weighted by Crippen LogP contribution is -2.14. The highest BCUT2D eigenvalue weighted by molar-refractivity contribution is 6.08. The van der Waals surface area contributed by atoms with E-state index >= 15 is 0 Å². The number of hydrogen-bond acceptors (Lipinski definition) is 4. The fourth-order valence-electron chi connectivity index (χ4n) is 3.41. The maximum Gasteiger partial charge on any atom is 0.543 e. The first kappa shape index (κ1) is 17.8. The van der Waals surface area contributed by atoms with Crippen LogP contribution in [-0.2, 0) is 14.1 Å². The van der Waals surface area contributed by atoms with Crippen molar-refractivity contribution in [1.82, 2.24) is 9.13 Å². The van der Waals surface area contributed by atoms with Gasteiger partial charge in [0.05, 0.1) is 27.5 Å². The van der Waals surface area contributed by atoms with Crippen molar-refractivity contribution in [3.05, 3.63) is 56.8 Å². The topological polar surface area (TPSA) is 114 Å². The minimum atomic E-state index is -0.166. The monoisotopic (exact) mass is 360 g/mol. The average Bonchev–Trinajstić information content (AvgIpc) is 3.21. The predicted molar refractivity (Wildman–Crippen MR) is 99.3 cm³/mol. The summed E-state index contributed by atoms with van der Waals surface area (Å²) in [5.74, 6) is -0.166. The minimum Gasteiger partial charge on any atom is -0.346 e. The zero-order chi connectivity index (χ0) is 20.6. The third-order valence-corrected chi connectivity index (χ3v) is 4.62. The first-order valence-electron chi connectivity index (χ1n) is 7.73. The van der Waals surface area contributed by atoms with Crippen LogP contribution in [0.1, 0.15) is 11.1 Å². The van der Waals surface area contributed by atoms with Gasteiger partial charge in [0, 0.05) is 24.9 Å². The Kier molecular flexibility index (Phi) is 4.05. The molecule has 0 aliphatic rings. The molecule has 8 nitrogen and oxygen atoms in total. The van der Waals surface area contributed by atoms with Crippen molar-refractivity contribution in [2.75, 3.05) is 0 Å². The first-order valence-corrected chi connectivity index (χ1v) is 7.73. The maximum atomic E-state index is 9.82. The number of fused-ring (bicyclic) bond motifs is 2. The number of hydrogen-bond donors (Lipinski definition) is 0. The molecular formula is C20H8N8. The lowest BCUT2D eigenvalue weighted by atomic mass is 10.0. The van der Waals surface area contributed by atoms with E-state index < -0.39 is 0 Å². The zero-order valence-electron chi connectivity index (χ0n) is 14.7. The highest BCUT2D eigenvalue weighted by Crippen LogP contribution is 2.31. The van der Waals surface area contributed by atoms with Crippen molar-refractivity contribution in [3.8, 4) is 24.3 Å². The van der Waals surface area contributed by atoms with Gasteiger partial charge in [0.1, 0.15) is 42.8 Å². The van der Waals surface area contributed by atoms with Crippen molar-refractivity contribution in [2.24, 2.45) is 14.1 Å². The molecule has 3 rings (SSSR count). The van der Waals surface area contributed by atoms with E-state index in [1.807, 2.05) is 12.1 Å². The van der Waals surface area contributed by atoms with Gasteiger partial charge in [0.2, 0.25) is 0 Å². The van der Waals surface area contributed by atoms with Crippen molar-refractivity contribution in [2.45, 2.75) is 0 Å². The second-order valence-corrected chi connectivity index (χ2v) is 5.82. The van der Waals surface area contributed by atoms with Crippen LogP contribution in [0.3, 0.4) is 0 Å². The molecule has 0 bridgehead atoms. The molecule has 0 amide bonds. The number of rotatable bonds is 0. The Bertz CT molecular complexity index is 1430. The van der Waals surface area contributed by atoms with Crippen LogP contribution in [0.15, 0.2) is 12.1 Å². The largest absolute Gasteiger partial charge is 0.543 e. The summed E-state index contributed by atoms with van der Waals surface area (Å²) < 4.78 is 3.09. The summed E-state index contributed by atoms with van der Waals surface area (Å²) in [5, 5.41) is 39.5. The Morgan fingerprint density at radius 3 is 1.64 bits per heavy atom. The van der Waals surface area contributed by atoms with E-state index in [9.17, 15) is 21.0 Å². The molecule has 0 N–H and O–H groups in total. The number of nitriles is 4.